The number of aliphatic hydroxyl groups excluding tert-OH is 2. The van der Waals surface area contributed by atoms with Gasteiger partial charge in [-0.05, 0) is 43.9 Å². The summed E-state index contributed by atoms with van der Waals surface area (Å²) in [5.41, 5.74) is 0. The van der Waals surface area contributed by atoms with Gasteiger partial charge in [-0.15, -0.1) is 0 Å². The lowest BCUT2D eigenvalue weighted by molar-refractivity contribution is -0.140. The molecule has 0 spiro atoms. The lowest BCUT2D eigenvalue weighted by Crippen LogP contribution is -2.20. The molecule has 0 radical (unpaired) electrons. The molecule has 4 nitrogen and oxygen atoms in total. The highest BCUT2D eigenvalue weighted by molar-refractivity contribution is 5.68. The van der Waals surface area contributed by atoms with Crippen molar-refractivity contribution < 1.29 is 19.7 Å². The molecule has 0 bridgehead atoms. The van der Waals surface area contributed by atoms with Crippen molar-refractivity contribution in [2.24, 2.45) is 11.8 Å². The first kappa shape index (κ1) is 15.2. The van der Waals surface area contributed by atoms with Crippen molar-refractivity contribution in [3.05, 3.63) is 12.2 Å². The second kappa shape index (κ2) is 8.27. The summed E-state index contributed by atoms with van der Waals surface area (Å²) >= 11 is 0. The summed E-state index contributed by atoms with van der Waals surface area (Å²) in [7, 11) is 1.40. The van der Waals surface area contributed by atoms with E-state index in [4.69, 9.17) is 0 Å². The fourth-order valence-electron chi connectivity index (χ4n) is 2.54. The maximum absolute atomic E-state index is 10.9. The second-order valence-electron chi connectivity index (χ2n) is 4.93. The van der Waals surface area contributed by atoms with E-state index < -0.39 is 0 Å². The highest BCUT2D eigenvalue weighted by atomic mass is 16.5. The van der Waals surface area contributed by atoms with Crippen LogP contribution >= 0.6 is 0 Å². The molecule has 0 saturated heterocycles. The Hall–Kier alpha value is -0.870. The van der Waals surface area contributed by atoms with Crippen LogP contribution in [0.4, 0.5) is 0 Å². The molecule has 104 valence electrons. The minimum atomic E-state index is -0.276. The first-order chi connectivity index (χ1) is 8.69. The predicted octanol–water partition coefficient (Wildman–Crippen LogP) is 1.66. The van der Waals surface area contributed by atoms with E-state index in [1.165, 1.54) is 7.11 Å². The highest BCUT2D eigenvalue weighted by Gasteiger charge is 2.33. The standard InChI is InChI=1S/C14H24O4/c1-18-14(17)7-5-3-2-4-6-12-11(10-15)8-9-13(12)16/h2,4,11-13,15-16H,3,5-10H2,1H3/b4-2-/t11?,12-,13-/m1/s1. The summed E-state index contributed by atoms with van der Waals surface area (Å²) in [4.78, 5) is 10.9. The number of ether oxygens (including phenoxy) is 1. The van der Waals surface area contributed by atoms with Gasteiger partial charge < -0.3 is 14.9 Å². The van der Waals surface area contributed by atoms with Crippen molar-refractivity contribution >= 4 is 5.97 Å². The van der Waals surface area contributed by atoms with Gasteiger partial charge in [-0.25, -0.2) is 0 Å². The Morgan fingerprint density at radius 3 is 2.83 bits per heavy atom. The molecule has 1 saturated carbocycles. The zero-order valence-corrected chi connectivity index (χ0v) is 11.0. The average molecular weight is 256 g/mol. The van der Waals surface area contributed by atoms with Crippen LogP contribution < -0.4 is 0 Å². The van der Waals surface area contributed by atoms with Gasteiger partial charge in [0.2, 0.25) is 0 Å². The molecule has 1 rings (SSSR count). The first-order valence-electron chi connectivity index (χ1n) is 6.69. The molecule has 1 aliphatic carbocycles. The van der Waals surface area contributed by atoms with Crippen LogP contribution in [0.5, 0.6) is 0 Å². The molecular weight excluding hydrogens is 232 g/mol. The van der Waals surface area contributed by atoms with Crippen molar-refractivity contribution in [2.75, 3.05) is 13.7 Å². The van der Waals surface area contributed by atoms with Gasteiger partial charge in [-0.1, -0.05) is 12.2 Å². The number of hydrogen-bond donors (Lipinski definition) is 2. The molecule has 4 heteroatoms. The third kappa shape index (κ3) is 4.78. The molecule has 1 unspecified atom stereocenters. The zero-order valence-electron chi connectivity index (χ0n) is 11.0. The number of rotatable bonds is 7. The molecular formula is C14H24O4. The van der Waals surface area contributed by atoms with E-state index in [0.717, 1.165) is 32.1 Å². The quantitative estimate of drug-likeness (QED) is 0.413. The summed E-state index contributed by atoms with van der Waals surface area (Å²) < 4.78 is 4.56. The Morgan fingerprint density at radius 2 is 2.17 bits per heavy atom. The summed E-state index contributed by atoms with van der Waals surface area (Å²) in [6.45, 7) is 0.165. The van der Waals surface area contributed by atoms with Gasteiger partial charge >= 0.3 is 5.97 Å². The third-order valence-electron chi connectivity index (χ3n) is 3.72. The van der Waals surface area contributed by atoms with Crippen LogP contribution in [0.2, 0.25) is 0 Å². The van der Waals surface area contributed by atoms with Crippen LogP contribution in [0.25, 0.3) is 0 Å². The molecule has 1 fully saturated rings. The molecule has 18 heavy (non-hydrogen) atoms. The maximum Gasteiger partial charge on any atom is 0.305 e. The maximum atomic E-state index is 10.9. The van der Waals surface area contributed by atoms with Crippen LogP contribution in [0.3, 0.4) is 0 Å². The van der Waals surface area contributed by atoms with Gasteiger partial charge in [0, 0.05) is 13.0 Å². The van der Waals surface area contributed by atoms with Crippen LogP contribution in [0.15, 0.2) is 12.2 Å². The van der Waals surface area contributed by atoms with Crippen LogP contribution in [0.1, 0.15) is 38.5 Å². The molecule has 0 aromatic heterocycles. The summed E-state index contributed by atoms with van der Waals surface area (Å²) in [5, 5.41) is 19.0. The van der Waals surface area contributed by atoms with E-state index in [9.17, 15) is 15.0 Å². The van der Waals surface area contributed by atoms with Gasteiger partial charge in [0.15, 0.2) is 0 Å². The Kier molecular flexibility index (Phi) is 6.98. The lowest BCUT2D eigenvalue weighted by atomic mass is 9.92. The largest absolute Gasteiger partial charge is 0.469 e. The molecule has 0 amide bonds. The van der Waals surface area contributed by atoms with Gasteiger partial charge in [-0.2, -0.15) is 0 Å². The Morgan fingerprint density at radius 1 is 1.39 bits per heavy atom. The predicted molar refractivity (Wildman–Crippen MR) is 68.9 cm³/mol. The van der Waals surface area contributed by atoms with Gasteiger partial charge in [0.25, 0.3) is 0 Å². The molecule has 0 aromatic carbocycles. The Balaban J connectivity index is 2.17. The topological polar surface area (TPSA) is 66.8 Å². The third-order valence-corrected chi connectivity index (χ3v) is 3.72. The second-order valence-corrected chi connectivity index (χ2v) is 4.93. The SMILES string of the molecule is COC(=O)CCC/C=C\C[C@@H]1C(CO)CC[C@H]1O. The van der Waals surface area contributed by atoms with Crippen molar-refractivity contribution in [3.8, 4) is 0 Å². The highest BCUT2D eigenvalue weighted by Crippen LogP contribution is 2.34. The van der Waals surface area contributed by atoms with Crippen LogP contribution in [-0.2, 0) is 9.53 Å². The van der Waals surface area contributed by atoms with E-state index in [1.807, 2.05) is 6.08 Å². The molecule has 0 aliphatic heterocycles. The summed E-state index contributed by atoms with van der Waals surface area (Å²) in [6.07, 6.45) is 8.44. The summed E-state index contributed by atoms with van der Waals surface area (Å²) in [6, 6.07) is 0. The minimum absolute atomic E-state index is 0.165. The van der Waals surface area contributed by atoms with Crippen molar-refractivity contribution in [1.29, 1.82) is 0 Å². The molecule has 3 atom stereocenters. The number of carbonyl (C=O) groups is 1. The monoisotopic (exact) mass is 256 g/mol. The Labute approximate surface area is 109 Å². The normalized spacial score (nSPS) is 27.8. The number of esters is 1. The smallest absolute Gasteiger partial charge is 0.305 e. The molecule has 0 heterocycles. The van der Waals surface area contributed by atoms with Gasteiger partial charge in [-0.3, -0.25) is 4.79 Å². The molecule has 0 aromatic rings. The fraction of sp³-hybridized carbons (Fsp3) is 0.786. The molecule has 1 aliphatic rings. The van der Waals surface area contributed by atoms with Crippen LogP contribution in [0, 0.1) is 11.8 Å². The van der Waals surface area contributed by atoms with Crippen molar-refractivity contribution in [2.45, 2.75) is 44.6 Å². The number of allylic oxidation sites excluding steroid dienone is 2. The number of methoxy groups -OCH3 is 1. The first-order valence-corrected chi connectivity index (χ1v) is 6.69. The number of hydrogen-bond acceptors (Lipinski definition) is 4. The van der Waals surface area contributed by atoms with Gasteiger partial charge in [0.1, 0.15) is 0 Å². The average Bonchev–Trinajstić information content (AvgIpc) is 2.74. The van der Waals surface area contributed by atoms with E-state index in [0.29, 0.717) is 6.42 Å². The molecule has 2 N–H and O–H groups in total. The number of carbonyl (C=O) groups excluding carboxylic acids is 1. The van der Waals surface area contributed by atoms with Crippen molar-refractivity contribution in [1.82, 2.24) is 0 Å². The fourth-order valence-corrected chi connectivity index (χ4v) is 2.54. The zero-order chi connectivity index (χ0) is 13.4. The number of unbranched alkanes of at least 4 members (excludes halogenated alkanes) is 1. The van der Waals surface area contributed by atoms with E-state index >= 15 is 0 Å². The lowest BCUT2D eigenvalue weighted by Gasteiger charge is -2.18. The van der Waals surface area contributed by atoms with Crippen LogP contribution in [-0.4, -0.2) is 36.0 Å². The van der Waals surface area contributed by atoms with E-state index in [2.05, 4.69) is 10.8 Å². The Bertz CT molecular complexity index is 275. The van der Waals surface area contributed by atoms with Crippen molar-refractivity contribution in [3.63, 3.8) is 0 Å². The van der Waals surface area contributed by atoms with E-state index in [-0.39, 0.29) is 30.5 Å². The summed E-state index contributed by atoms with van der Waals surface area (Å²) in [5.74, 6) is 0.251. The van der Waals surface area contributed by atoms with Gasteiger partial charge in [0.05, 0.1) is 13.2 Å². The number of aliphatic hydroxyl groups is 2. The minimum Gasteiger partial charge on any atom is -0.469 e. The van der Waals surface area contributed by atoms with E-state index in [1.54, 1.807) is 0 Å².